The number of anilines is 1. The first-order valence-electron chi connectivity index (χ1n) is 6.45. The summed E-state index contributed by atoms with van der Waals surface area (Å²) < 4.78 is 10.3. The largest absolute Gasteiger partial charge is 0.497 e. The van der Waals surface area contributed by atoms with Gasteiger partial charge in [-0.05, 0) is 37.4 Å². The molecule has 6 heteroatoms. The maximum atomic E-state index is 11.8. The summed E-state index contributed by atoms with van der Waals surface area (Å²) in [5, 5.41) is 5.97. The molecule has 20 heavy (non-hydrogen) atoms. The molecule has 0 heterocycles. The summed E-state index contributed by atoms with van der Waals surface area (Å²) in [6.45, 7) is 1.25. The van der Waals surface area contributed by atoms with Gasteiger partial charge in [0.1, 0.15) is 11.5 Å². The predicted octanol–water partition coefficient (Wildman–Crippen LogP) is 2.06. The van der Waals surface area contributed by atoms with Crippen molar-refractivity contribution in [2.75, 3.05) is 32.6 Å². The molecule has 0 atom stereocenters. The molecule has 1 fully saturated rings. The van der Waals surface area contributed by atoms with Gasteiger partial charge >= 0.3 is 0 Å². The maximum Gasteiger partial charge on any atom is 0.238 e. The van der Waals surface area contributed by atoms with Gasteiger partial charge in [-0.15, -0.1) is 12.4 Å². The van der Waals surface area contributed by atoms with E-state index >= 15 is 0 Å². The first-order chi connectivity index (χ1) is 9.22. The number of nitrogens with one attached hydrogen (secondary N) is 2. The molecular formula is C14H21ClN2O3. The van der Waals surface area contributed by atoms with Crippen LogP contribution in [0.4, 0.5) is 5.69 Å². The average molecular weight is 301 g/mol. The van der Waals surface area contributed by atoms with Gasteiger partial charge in [-0.25, -0.2) is 0 Å². The molecule has 0 radical (unpaired) electrons. The predicted molar refractivity (Wildman–Crippen MR) is 81.0 cm³/mol. The molecule has 0 saturated heterocycles. The summed E-state index contributed by atoms with van der Waals surface area (Å²) in [7, 11) is 3.16. The topological polar surface area (TPSA) is 59.6 Å². The Morgan fingerprint density at radius 1 is 1.30 bits per heavy atom. The molecule has 0 unspecified atom stereocenters. The minimum absolute atomic E-state index is 0. The summed E-state index contributed by atoms with van der Waals surface area (Å²) >= 11 is 0. The van der Waals surface area contributed by atoms with Gasteiger partial charge in [0, 0.05) is 6.07 Å². The molecule has 0 aliphatic heterocycles. The van der Waals surface area contributed by atoms with E-state index < -0.39 is 0 Å². The standard InChI is InChI=1S/C14H20N2O3.ClH/c1-18-11-5-6-12(13(7-11)19-2)16-14(17)9-15-8-10-3-4-10;/h5-7,10,15H,3-4,8-9H2,1-2H3,(H,16,17);1H. The number of amides is 1. The molecule has 1 aromatic rings. The van der Waals surface area contributed by atoms with Crippen molar-refractivity contribution in [3.8, 4) is 11.5 Å². The van der Waals surface area contributed by atoms with Crippen molar-refractivity contribution >= 4 is 24.0 Å². The van der Waals surface area contributed by atoms with Crippen LogP contribution in [0.3, 0.4) is 0 Å². The molecule has 0 aromatic heterocycles. The summed E-state index contributed by atoms with van der Waals surface area (Å²) in [5.74, 6) is 1.99. The van der Waals surface area contributed by atoms with E-state index in [1.165, 1.54) is 12.8 Å². The Hall–Kier alpha value is -1.46. The van der Waals surface area contributed by atoms with Crippen LogP contribution in [0.5, 0.6) is 11.5 Å². The molecule has 1 saturated carbocycles. The smallest absolute Gasteiger partial charge is 0.238 e. The molecule has 1 aromatic carbocycles. The van der Waals surface area contributed by atoms with Crippen molar-refractivity contribution in [2.24, 2.45) is 5.92 Å². The van der Waals surface area contributed by atoms with Crippen LogP contribution in [0.2, 0.25) is 0 Å². The van der Waals surface area contributed by atoms with Crippen LogP contribution < -0.4 is 20.1 Å². The van der Waals surface area contributed by atoms with E-state index in [0.29, 0.717) is 23.7 Å². The first-order valence-corrected chi connectivity index (χ1v) is 6.45. The maximum absolute atomic E-state index is 11.8. The van der Waals surface area contributed by atoms with Crippen molar-refractivity contribution in [1.29, 1.82) is 0 Å². The summed E-state index contributed by atoms with van der Waals surface area (Å²) in [5.41, 5.74) is 0.654. The lowest BCUT2D eigenvalue weighted by Gasteiger charge is -2.11. The monoisotopic (exact) mass is 300 g/mol. The highest BCUT2D eigenvalue weighted by Gasteiger charge is 2.20. The zero-order chi connectivity index (χ0) is 13.7. The Morgan fingerprint density at radius 2 is 2.05 bits per heavy atom. The lowest BCUT2D eigenvalue weighted by Crippen LogP contribution is -2.29. The third kappa shape index (κ3) is 4.90. The SMILES string of the molecule is COc1ccc(NC(=O)CNCC2CC2)c(OC)c1.Cl. The Balaban J connectivity index is 0.00000200. The van der Waals surface area contributed by atoms with Gasteiger partial charge in [-0.3, -0.25) is 4.79 Å². The van der Waals surface area contributed by atoms with Crippen LogP contribution in [0.25, 0.3) is 0 Å². The van der Waals surface area contributed by atoms with Gasteiger partial charge in [0.15, 0.2) is 0 Å². The Kier molecular flexibility index (Phi) is 6.61. The van der Waals surface area contributed by atoms with E-state index in [-0.39, 0.29) is 18.3 Å². The Morgan fingerprint density at radius 3 is 2.65 bits per heavy atom. The number of ether oxygens (including phenoxy) is 2. The number of carbonyl (C=O) groups is 1. The number of hydrogen-bond acceptors (Lipinski definition) is 4. The number of halogens is 1. The van der Waals surface area contributed by atoms with E-state index in [1.807, 2.05) is 0 Å². The van der Waals surface area contributed by atoms with Crippen LogP contribution in [0, 0.1) is 5.92 Å². The molecule has 1 amide bonds. The second kappa shape index (κ2) is 7.97. The molecule has 2 rings (SSSR count). The van der Waals surface area contributed by atoms with Crippen LogP contribution in [0.15, 0.2) is 18.2 Å². The van der Waals surface area contributed by atoms with Crippen LogP contribution in [0.1, 0.15) is 12.8 Å². The van der Waals surface area contributed by atoms with Gasteiger partial charge in [0.2, 0.25) is 5.91 Å². The summed E-state index contributed by atoms with van der Waals surface area (Å²) in [4.78, 5) is 11.8. The molecule has 0 bridgehead atoms. The van der Waals surface area contributed by atoms with Crippen molar-refractivity contribution in [3.05, 3.63) is 18.2 Å². The minimum atomic E-state index is -0.0656. The van der Waals surface area contributed by atoms with Crippen molar-refractivity contribution in [2.45, 2.75) is 12.8 Å². The fourth-order valence-corrected chi connectivity index (χ4v) is 1.81. The quantitative estimate of drug-likeness (QED) is 0.809. The van der Waals surface area contributed by atoms with Gasteiger partial charge in [0.25, 0.3) is 0 Å². The number of hydrogen-bond donors (Lipinski definition) is 2. The van der Waals surface area contributed by atoms with Gasteiger partial charge in [-0.1, -0.05) is 0 Å². The number of rotatable bonds is 7. The van der Waals surface area contributed by atoms with Crippen LogP contribution >= 0.6 is 12.4 Å². The molecule has 1 aliphatic rings. The highest BCUT2D eigenvalue weighted by atomic mass is 35.5. The first kappa shape index (κ1) is 16.6. The van der Waals surface area contributed by atoms with Crippen LogP contribution in [-0.4, -0.2) is 33.2 Å². The molecular weight excluding hydrogens is 280 g/mol. The van der Waals surface area contributed by atoms with Gasteiger partial charge in [0.05, 0.1) is 26.5 Å². The van der Waals surface area contributed by atoms with E-state index in [4.69, 9.17) is 9.47 Å². The molecule has 5 nitrogen and oxygen atoms in total. The van der Waals surface area contributed by atoms with E-state index in [9.17, 15) is 4.79 Å². The van der Waals surface area contributed by atoms with Gasteiger partial charge < -0.3 is 20.1 Å². The van der Waals surface area contributed by atoms with Gasteiger partial charge in [-0.2, -0.15) is 0 Å². The highest BCUT2D eigenvalue weighted by molar-refractivity contribution is 5.93. The molecule has 2 N–H and O–H groups in total. The van der Waals surface area contributed by atoms with Crippen molar-refractivity contribution in [1.82, 2.24) is 5.32 Å². The Bertz CT molecular complexity index is 450. The zero-order valence-corrected chi connectivity index (χ0v) is 12.6. The second-order valence-electron chi connectivity index (χ2n) is 4.69. The third-order valence-corrected chi connectivity index (χ3v) is 3.10. The third-order valence-electron chi connectivity index (χ3n) is 3.10. The molecule has 1 aliphatic carbocycles. The molecule has 112 valence electrons. The van der Waals surface area contributed by atoms with E-state index in [1.54, 1.807) is 32.4 Å². The van der Waals surface area contributed by atoms with Crippen molar-refractivity contribution in [3.63, 3.8) is 0 Å². The molecule has 0 spiro atoms. The summed E-state index contributed by atoms with van der Waals surface area (Å²) in [6, 6.07) is 5.31. The Labute approximate surface area is 125 Å². The fourth-order valence-electron chi connectivity index (χ4n) is 1.81. The van der Waals surface area contributed by atoms with E-state index in [0.717, 1.165) is 12.5 Å². The number of methoxy groups -OCH3 is 2. The lowest BCUT2D eigenvalue weighted by molar-refractivity contribution is -0.115. The lowest BCUT2D eigenvalue weighted by atomic mass is 10.2. The number of carbonyl (C=O) groups excluding carboxylic acids is 1. The van der Waals surface area contributed by atoms with Crippen LogP contribution in [-0.2, 0) is 4.79 Å². The van der Waals surface area contributed by atoms with E-state index in [2.05, 4.69) is 10.6 Å². The summed E-state index contributed by atoms with van der Waals surface area (Å²) in [6.07, 6.45) is 2.56. The fraction of sp³-hybridized carbons (Fsp3) is 0.500. The van der Waals surface area contributed by atoms with Crippen molar-refractivity contribution < 1.29 is 14.3 Å². The second-order valence-corrected chi connectivity index (χ2v) is 4.69. The normalized spacial score (nSPS) is 13.3. The zero-order valence-electron chi connectivity index (χ0n) is 11.8. The average Bonchev–Trinajstić information content (AvgIpc) is 3.23. The highest BCUT2D eigenvalue weighted by Crippen LogP contribution is 2.29. The number of benzene rings is 1. The minimum Gasteiger partial charge on any atom is -0.497 e.